The molecular weight excluding hydrogens is 64.0 g/mol. The zero-order valence-electron chi connectivity index (χ0n) is 2.68. The monoisotopic (exact) mass is 68.0 g/mol. The maximum atomic E-state index is 7.88. The molecule has 5 heavy (non-hydrogen) atoms. The van der Waals surface area contributed by atoms with Crippen molar-refractivity contribution in [2.45, 2.75) is 0 Å². The Morgan fingerprint density at radius 2 is 2.00 bits per heavy atom. The summed E-state index contributed by atoms with van der Waals surface area (Å²) in [6.07, 6.45) is 0.917. The highest BCUT2D eigenvalue weighted by Gasteiger charge is 1.63. The number of rotatable bonds is 1. The normalized spacial score (nSPS) is 6.40. The van der Waals surface area contributed by atoms with Crippen LogP contribution in [0.1, 0.15) is 0 Å². The minimum absolute atomic E-state index is 0.343. The van der Waals surface area contributed by atoms with E-state index in [0.717, 1.165) is 6.08 Å². The molecule has 0 amide bonds. The second-order valence-electron chi connectivity index (χ2n) is 0.592. The van der Waals surface area contributed by atoms with Gasteiger partial charge in [-0.05, 0) is 12.7 Å². The van der Waals surface area contributed by atoms with Crippen LogP contribution in [0.2, 0.25) is 0 Å². The molecule has 0 bridgehead atoms. The minimum Gasteiger partial charge on any atom is -0.508 e. The highest BCUT2D eigenvalue weighted by Crippen LogP contribution is 1.74. The molecule has 1 heteroatoms. The van der Waals surface area contributed by atoms with Crippen molar-refractivity contribution in [3.63, 3.8) is 0 Å². The van der Waals surface area contributed by atoms with E-state index in [9.17, 15) is 0 Å². The largest absolute Gasteiger partial charge is 0.508 e. The van der Waals surface area contributed by atoms with Gasteiger partial charge in [-0.1, -0.05) is 6.58 Å². The third-order valence-corrected chi connectivity index (χ3v) is 0.171. The fourth-order valence-corrected chi connectivity index (χ4v) is 0. The van der Waals surface area contributed by atoms with Crippen molar-refractivity contribution in [2.24, 2.45) is 0 Å². The molecule has 1 nitrogen and oxygen atoms in total. The molecule has 0 saturated heterocycles. The summed E-state index contributed by atoms with van der Waals surface area (Å²) in [6.45, 7) is 9.22. The number of aliphatic hydroxyl groups is 1. The lowest BCUT2D eigenvalue weighted by Crippen LogP contribution is -1.60. The van der Waals surface area contributed by atoms with E-state index in [0.29, 0.717) is 0 Å². The van der Waals surface area contributed by atoms with Crippen LogP contribution in [-0.2, 0) is 0 Å². The van der Waals surface area contributed by atoms with Crippen LogP contribution < -0.4 is 0 Å². The molecule has 0 atom stereocenters. The lowest BCUT2D eigenvalue weighted by Gasteiger charge is -1.72. The predicted octanol–water partition coefficient (Wildman–Crippen LogP) is 0.850. The number of hydrogen-bond donors (Lipinski definition) is 1. The standard InChI is InChI=1S/C4H4O/c1-3-4(2)5/h1-3,5H. The molecule has 0 saturated carbocycles. The third kappa shape index (κ3) is 3.28. The van der Waals surface area contributed by atoms with E-state index < -0.39 is 0 Å². The van der Waals surface area contributed by atoms with Crippen LogP contribution in [-0.4, -0.2) is 5.11 Å². The molecular formula is C4H4O. The molecule has 0 aromatic rings. The molecule has 2 radical (unpaired) electrons. The van der Waals surface area contributed by atoms with Crippen LogP contribution in [0.5, 0.6) is 0 Å². The molecule has 0 aliphatic rings. The van der Waals surface area contributed by atoms with Gasteiger partial charge >= 0.3 is 0 Å². The molecule has 0 aliphatic carbocycles. The van der Waals surface area contributed by atoms with E-state index in [1.54, 1.807) is 0 Å². The zero-order valence-corrected chi connectivity index (χ0v) is 2.68. The Morgan fingerprint density at radius 3 is 2.00 bits per heavy atom. The molecule has 0 aromatic carbocycles. The summed E-state index contributed by atoms with van der Waals surface area (Å²) in [7, 11) is 0. The van der Waals surface area contributed by atoms with Crippen LogP contribution in [0.15, 0.2) is 11.8 Å². The maximum absolute atomic E-state index is 7.88. The summed E-state index contributed by atoms with van der Waals surface area (Å²) < 4.78 is 0. The van der Waals surface area contributed by atoms with Gasteiger partial charge in [-0.15, -0.1) is 0 Å². The Hall–Kier alpha value is -0.720. The summed E-state index contributed by atoms with van der Waals surface area (Å²) in [5, 5.41) is 7.88. The quantitative estimate of drug-likeness (QED) is 0.357. The minimum atomic E-state index is -0.343. The van der Waals surface area contributed by atoms with Gasteiger partial charge in [0.25, 0.3) is 0 Å². The van der Waals surface area contributed by atoms with E-state index in [2.05, 4.69) is 13.2 Å². The Bertz CT molecular complexity index is 54.7. The Balaban J connectivity index is 3.20. The Labute approximate surface area is 31.2 Å². The molecule has 0 rings (SSSR count). The highest BCUT2D eigenvalue weighted by molar-refractivity contribution is 4.94. The Morgan fingerprint density at radius 1 is 1.80 bits per heavy atom. The average molecular weight is 68.1 g/mol. The van der Waals surface area contributed by atoms with Crippen LogP contribution in [0.4, 0.5) is 0 Å². The van der Waals surface area contributed by atoms with Gasteiger partial charge in [0.2, 0.25) is 0 Å². The molecule has 1 N–H and O–H groups in total. The summed E-state index contributed by atoms with van der Waals surface area (Å²) in [5.74, 6) is -0.343. The van der Waals surface area contributed by atoms with Crippen molar-refractivity contribution in [3.05, 3.63) is 25.0 Å². The van der Waals surface area contributed by atoms with Crippen LogP contribution in [0.25, 0.3) is 0 Å². The van der Waals surface area contributed by atoms with Crippen molar-refractivity contribution in [1.82, 2.24) is 0 Å². The second kappa shape index (κ2) is 1.58. The first-order chi connectivity index (χ1) is 2.27. The van der Waals surface area contributed by atoms with E-state index in [1.807, 2.05) is 0 Å². The zero-order chi connectivity index (χ0) is 4.28. The number of aliphatic hydroxyl groups excluding tert-OH is 1. The summed E-state index contributed by atoms with van der Waals surface area (Å²) >= 11 is 0. The summed E-state index contributed by atoms with van der Waals surface area (Å²) in [4.78, 5) is 0. The van der Waals surface area contributed by atoms with Crippen molar-refractivity contribution < 1.29 is 5.11 Å². The van der Waals surface area contributed by atoms with Gasteiger partial charge in [0.15, 0.2) is 0 Å². The molecule has 0 fully saturated rings. The smallest absolute Gasteiger partial charge is 0.115 e. The number of allylic oxidation sites excluding steroid dienone is 1. The molecule has 26 valence electrons. The molecule has 0 heterocycles. The van der Waals surface area contributed by atoms with E-state index in [-0.39, 0.29) is 5.76 Å². The topological polar surface area (TPSA) is 20.2 Å². The van der Waals surface area contributed by atoms with E-state index >= 15 is 0 Å². The first-order valence-electron chi connectivity index (χ1n) is 1.13. The third-order valence-electron chi connectivity index (χ3n) is 0.171. The van der Waals surface area contributed by atoms with E-state index in [4.69, 9.17) is 5.11 Å². The van der Waals surface area contributed by atoms with Crippen LogP contribution >= 0.6 is 0 Å². The van der Waals surface area contributed by atoms with Gasteiger partial charge in [0.05, 0.1) is 0 Å². The van der Waals surface area contributed by atoms with Crippen molar-refractivity contribution in [1.29, 1.82) is 0 Å². The van der Waals surface area contributed by atoms with Crippen molar-refractivity contribution >= 4 is 0 Å². The molecule has 0 unspecified atom stereocenters. The number of hydrogen-bond acceptors (Lipinski definition) is 1. The van der Waals surface area contributed by atoms with Crippen molar-refractivity contribution in [2.75, 3.05) is 0 Å². The van der Waals surface area contributed by atoms with Gasteiger partial charge in [-0.2, -0.15) is 0 Å². The summed E-state index contributed by atoms with van der Waals surface area (Å²) in [6, 6.07) is 0. The van der Waals surface area contributed by atoms with E-state index in [1.165, 1.54) is 0 Å². The maximum Gasteiger partial charge on any atom is 0.115 e. The predicted molar refractivity (Wildman–Crippen MR) is 19.3 cm³/mol. The highest BCUT2D eigenvalue weighted by atomic mass is 16.3. The van der Waals surface area contributed by atoms with Gasteiger partial charge in [-0.3, -0.25) is 0 Å². The molecule has 0 aliphatic heterocycles. The van der Waals surface area contributed by atoms with Crippen LogP contribution in [0.3, 0.4) is 0 Å². The molecule has 0 aromatic heterocycles. The van der Waals surface area contributed by atoms with Crippen molar-refractivity contribution in [3.8, 4) is 0 Å². The van der Waals surface area contributed by atoms with Crippen LogP contribution in [0, 0.1) is 13.2 Å². The lowest BCUT2D eigenvalue weighted by molar-refractivity contribution is 0.433. The first-order valence-corrected chi connectivity index (χ1v) is 1.13. The SMILES string of the molecule is [CH]=CC(=[CH])O. The Kier molecular flexibility index (Phi) is 1.36. The first kappa shape index (κ1) is 4.28. The van der Waals surface area contributed by atoms with Gasteiger partial charge in [0, 0.05) is 0 Å². The second-order valence-corrected chi connectivity index (χ2v) is 0.592. The fraction of sp³-hybridized carbons (Fsp3) is 0. The fourth-order valence-electron chi connectivity index (χ4n) is 0. The summed E-state index contributed by atoms with van der Waals surface area (Å²) in [5.41, 5.74) is 0. The van der Waals surface area contributed by atoms with Gasteiger partial charge in [-0.25, -0.2) is 0 Å². The lowest BCUT2D eigenvalue weighted by atomic mass is 10.6. The van der Waals surface area contributed by atoms with Gasteiger partial charge in [0.1, 0.15) is 5.76 Å². The molecule has 0 spiro atoms. The average Bonchev–Trinajstić information content (AvgIpc) is 1.38. The van der Waals surface area contributed by atoms with Gasteiger partial charge < -0.3 is 5.11 Å².